The monoisotopic (exact) mass is 391 g/mol. The smallest absolute Gasteiger partial charge is 0.261 e. The van der Waals surface area contributed by atoms with Crippen molar-refractivity contribution in [3.8, 4) is 0 Å². The molecular formula is C12H8Br2FNOS. The summed E-state index contributed by atoms with van der Waals surface area (Å²) in [4.78, 5) is 12.4. The Morgan fingerprint density at radius 3 is 2.72 bits per heavy atom. The van der Waals surface area contributed by atoms with E-state index in [0.29, 0.717) is 11.4 Å². The van der Waals surface area contributed by atoms with E-state index in [2.05, 4.69) is 37.2 Å². The maximum absolute atomic E-state index is 12.9. The van der Waals surface area contributed by atoms with Gasteiger partial charge in [-0.3, -0.25) is 4.79 Å². The van der Waals surface area contributed by atoms with Crippen molar-refractivity contribution in [1.29, 1.82) is 0 Å². The standard InChI is InChI=1S/C12H8Br2FNOS/c13-9-5-10(18-11(9)14)12(17)16-6-7-2-1-3-8(15)4-7/h1-5H,6H2,(H,16,17). The van der Waals surface area contributed by atoms with Gasteiger partial charge in [-0.15, -0.1) is 11.3 Å². The van der Waals surface area contributed by atoms with Crippen LogP contribution < -0.4 is 5.32 Å². The van der Waals surface area contributed by atoms with E-state index in [4.69, 9.17) is 0 Å². The van der Waals surface area contributed by atoms with Crippen molar-refractivity contribution >= 4 is 49.1 Å². The van der Waals surface area contributed by atoms with Crippen LogP contribution in [0.25, 0.3) is 0 Å². The third kappa shape index (κ3) is 3.40. The number of carbonyl (C=O) groups is 1. The number of hydrogen-bond acceptors (Lipinski definition) is 2. The summed E-state index contributed by atoms with van der Waals surface area (Å²) >= 11 is 8.00. The van der Waals surface area contributed by atoms with E-state index in [0.717, 1.165) is 13.8 Å². The zero-order chi connectivity index (χ0) is 13.1. The molecule has 0 aliphatic heterocycles. The molecule has 2 rings (SSSR count). The third-order valence-electron chi connectivity index (χ3n) is 2.21. The largest absolute Gasteiger partial charge is 0.347 e. The van der Waals surface area contributed by atoms with Gasteiger partial charge in [-0.1, -0.05) is 12.1 Å². The summed E-state index contributed by atoms with van der Waals surface area (Å²) in [5.74, 6) is -0.473. The molecule has 1 N–H and O–H groups in total. The number of thiophene rings is 1. The van der Waals surface area contributed by atoms with Crippen molar-refractivity contribution in [3.05, 3.63) is 54.8 Å². The van der Waals surface area contributed by atoms with Gasteiger partial charge in [0.05, 0.1) is 8.66 Å². The molecule has 94 valence electrons. The van der Waals surface area contributed by atoms with E-state index in [1.807, 2.05) is 0 Å². The molecule has 2 aromatic rings. The predicted molar refractivity (Wildman–Crippen MR) is 77.3 cm³/mol. The molecule has 1 heterocycles. The Hall–Kier alpha value is -0.720. The second-order valence-electron chi connectivity index (χ2n) is 3.54. The van der Waals surface area contributed by atoms with Crippen LogP contribution in [0.15, 0.2) is 38.6 Å². The number of rotatable bonds is 3. The van der Waals surface area contributed by atoms with Gasteiger partial charge >= 0.3 is 0 Å². The summed E-state index contributed by atoms with van der Waals surface area (Å²) in [6, 6.07) is 7.91. The Labute approximate surface area is 124 Å². The molecule has 0 aliphatic carbocycles. The average molecular weight is 393 g/mol. The molecule has 0 aliphatic rings. The van der Waals surface area contributed by atoms with Crippen LogP contribution in [0.3, 0.4) is 0 Å². The highest BCUT2D eigenvalue weighted by Crippen LogP contribution is 2.32. The lowest BCUT2D eigenvalue weighted by Gasteiger charge is -2.03. The Kier molecular flexibility index (Phi) is 4.53. The highest BCUT2D eigenvalue weighted by Gasteiger charge is 2.11. The van der Waals surface area contributed by atoms with E-state index in [1.165, 1.54) is 23.5 Å². The van der Waals surface area contributed by atoms with Crippen molar-refractivity contribution in [2.75, 3.05) is 0 Å². The highest BCUT2D eigenvalue weighted by atomic mass is 79.9. The van der Waals surface area contributed by atoms with Crippen LogP contribution in [0, 0.1) is 5.82 Å². The van der Waals surface area contributed by atoms with Crippen molar-refractivity contribution in [2.24, 2.45) is 0 Å². The van der Waals surface area contributed by atoms with Gasteiger partial charge in [0.1, 0.15) is 5.82 Å². The van der Waals surface area contributed by atoms with Crippen molar-refractivity contribution in [3.63, 3.8) is 0 Å². The molecule has 0 spiro atoms. The SMILES string of the molecule is O=C(NCc1cccc(F)c1)c1cc(Br)c(Br)s1. The zero-order valence-corrected chi connectivity index (χ0v) is 13.0. The second-order valence-corrected chi connectivity index (χ2v) is 6.77. The van der Waals surface area contributed by atoms with Gasteiger partial charge in [-0.05, 0) is 55.6 Å². The van der Waals surface area contributed by atoms with Crippen LogP contribution in [0.5, 0.6) is 0 Å². The lowest BCUT2D eigenvalue weighted by atomic mass is 10.2. The van der Waals surface area contributed by atoms with Gasteiger partial charge in [0, 0.05) is 11.0 Å². The minimum atomic E-state index is -0.302. The maximum atomic E-state index is 12.9. The molecule has 6 heteroatoms. The average Bonchev–Trinajstić information content (AvgIpc) is 2.67. The van der Waals surface area contributed by atoms with Crippen LogP contribution in [0.1, 0.15) is 15.2 Å². The van der Waals surface area contributed by atoms with Crippen molar-refractivity contribution in [2.45, 2.75) is 6.54 Å². The molecule has 2 nitrogen and oxygen atoms in total. The van der Waals surface area contributed by atoms with Gasteiger partial charge in [-0.2, -0.15) is 0 Å². The van der Waals surface area contributed by atoms with Crippen molar-refractivity contribution < 1.29 is 9.18 Å². The topological polar surface area (TPSA) is 29.1 Å². The fourth-order valence-corrected chi connectivity index (χ4v) is 3.33. The molecule has 0 unspecified atom stereocenters. The third-order valence-corrected chi connectivity index (χ3v) is 5.47. The van der Waals surface area contributed by atoms with Gasteiger partial charge < -0.3 is 5.32 Å². The molecule has 0 fully saturated rings. The summed E-state index contributed by atoms with van der Waals surface area (Å²) in [5.41, 5.74) is 0.734. The molecule has 1 aromatic carbocycles. The first kappa shape index (κ1) is 13.7. The summed E-state index contributed by atoms with van der Waals surface area (Å²) in [5, 5.41) is 2.75. The first-order chi connectivity index (χ1) is 8.56. The lowest BCUT2D eigenvalue weighted by Crippen LogP contribution is -2.21. The molecule has 18 heavy (non-hydrogen) atoms. The van der Waals surface area contributed by atoms with Gasteiger partial charge in [0.2, 0.25) is 0 Å². The molecule has 0 radical (unpaired) electrons. The van der Waals surface area contributed by atoms with Crippen molar-refractivity contribution in [1.82, 2.24) is 5.32 Å². The van der Waals surface area contributed by atoms with Crippen LogP contribution >= 0.6 is 43.2 Å². The van der Waals surface area contributed by atoms with Crippen LogP contribution in [0.4, 0.5) is 4.39 Å². The number of halogens is 3. The first-order valence-corrected chi connectivity index (χ1v) is 7.44. The van der Waals surface area contributed by atoms with E-state index in [1.54, 1.807) is 18.2 Å². The number of hydrogen-bond donors (Lipinski definition) is 1. The molecule has 1 amide bonds. The number of nitrogens with one attached hydrogen (secondary N) is 1. The van der Waals surface area contributed by atoms with Crippen LogP contribution in [0.2, 0.25) is 0 Å². The van der Waals surface area contributed by atoms with E-state index in [-0.39, 0.29) is 11.7 Å². The lowest BCUT2D eigenvalue weighted by molar-refractivity contribution is 0.0955. The molecule has 0 saturated heterocycles. The summed E-state index contributed by atoms with van der Waals surface area (Å²) in [6.07, 6.45) is 0. The van der Waals surface area contributed by atoms with Gasteiger partial charge in [-0.25, -0.2) is 4.39 Å². The normalized spacial score (nSPS) is 10.4. The van der Waals surface area contributed by atoms with Gasteiger partial charge in [0.15, 0.2) is 0 Å². The molecule has 0 bridgehead atoms. The predicted octanol–water partition coefficient (Wildman–Crippen LogP) is 4.34. The van der Waals surface area contributed by atoms with Crippen LogP contribution in [-0.4, -0.2) is 5.91 Å². The van der Waals surface area contributed by atoms with Gasteiger partial charge in [0.25, 0.3) is 5.91 Å². The quantitative estimate of drug-likeness (QED) is 0.826. The summed E-state index contributed by atoms with van der Waals surface area (Å²) < 4.78 is 14.7. The number of amides is 1. The Balaban J connectivity index is 2.00. The molecular weight excluding hydrogens is 385 g/mol. The Bertz CT molecular complexity index is 566. The number of benzene rings is 1. The summed E-state index contributed by atoms with van der Waals surface area (Å²) in [7, 11) is 0. The number of carbonyl (C=O) groups excluding carboxylic acids is 1. The minimum Gasteiger partial charge on any atom is -0.347 e. The molecule has 0 saturated carbocycles. The zero-order valence-electron chi connectivity index (χ0n) is 9.04. The van der Waals surface area contributed by atoms with Crippen LogP contribution in [-0.2, 0) is 6.54 Å². The molecule has 0 atom stereocenters. The Morgan fingerprint density at radius 1 is 1.33 bits per heavy atom. The van der Waals surface area contributed by atoms with E-state index in [9.17, 15) is 9.18 Å². The second kappa shape index (κ2) is 5.95. The minimum absolute atomic E-state index is 0.171. The summed E-state index contributed by atoms with van der Waals surface area (Å²) in [6.45, 7) is 0.309. The molecule has 1 aromatic heterocycles. The fourth-order valence-electron chi connectivity index (χ4n) is 1.37. The fraction of sp³-hybridized carbons (Fsp3) is 0.0833. The Morgan fingerprint density at radius 2 is 2.11 bits per heavy atom. The van der Waals surface area contributed by atoms with E-state index < -0.39 is 0 Å². The maximum Gasteiger partial charge on any atom is 0.261 e. The highest BCUT2D eigenvalue weighted by molar-refractivity contribution is 9.13. The first-order valence-electron chi connectivity index (χ1n) is 5.04. The van der Waals surface area contributed by atoms with E-state index >= 15 is 0 Å².